The molecule has 1 aliphatic heterocycles. The first kappa shape index (κ1) is 11.9. The van der Waals surface area contributed by atoms with Crippen molar-refractivity contribution in [3.05, 3.63) is 33.9 Å². The quantitative estimate of drug-likeness (QED) is 0.644. The Bertz CT molecular complexity index is 414. The van der Waals surface area contributed by atoms with E-state index >= 15 is 0 Å². The van der Waals surface area contributed by atoms with Gasteiger partial charge in [-0.25, -0.2) is 0 Å². The molecule has 0 amide bonds. The van der Waals surface area contributed by atoms with Crippen LogP contribution in [0.1, 0.15) is 18.4 Å². The molecule has 1 fully saturated rings. The van der Waals surface area contributed by atoms with E-state index in [4.69, 9.17) is 4.74 Å². The summed E-state index contributed by atoms with van der Waals surface area (Å²) in [5.41, 5.74) is 1.79. The van der Waals surface area contributed by atoms with E-state index in [1.807, 2.05) is 13.0 Å². The van der Waals surface area contributed by atoms with E-state index in [-0.39, 0.29) is 16.7 Å². The van der Waals surface area contributed by atoms with Crippen LogP contribution < -0.4 is 5.32 Å². The van der Waals surface area contributed by atoms with Crippen LogP contribution in [0.15, 0.2) is 18.2 Å². The van der Waals surface area contributed by atoms with E-state index in [9.17, 15) is 10.1 Å². The van der Waals surface area contributed by atoms with Crippen molar-refractivity contribution in [2.75, 3.05) is 18.5 Å². The first-order chi connectivity index (χ1) is 8.15. The number of nitro benzene ring substituents is 1. The Kier molecular flexibility index (Phi) is 3.58. The molecule has 92 valence electrons. The van der Waals surface area contributed by atoms with Gasteiger partial charge in [0, 0.05) is 31.0 Å². The number of nitrogens with one attached hydrogen (secondary N) is 1. The number of nitro groups is 1. The molecule has 1 N–H and O–H groups in total. The number of aryl methyl sites for hydroxylation is 1. The van der Waals surface area contributed by atoms with Gasteiger partial charge < -0.3 is 10.1 Å². The average Bonchev–Trinajstić information content (AvgIpc) is 2.78. The summed E-state index contributed by atoms with van der Waals surface area (Å²) < 4.78 is 5.49. The molecule has 5 nitrogen and oxygen atoms in total. The smallest absolute Gasteiger partial charge is 0.271 e. The Morgan fingerprint density at radius 1 is 1.53 bits per heavy atom. The van der Waals surface area contributed by atoms with Crippen molar-refractivity contribution in [3.63, 3.8) is 0 Å². The van der Waals surface area contributed by atoms with Crippen LogP contribution in [-0.4, -0.2) is 24.2 Å². The van der Waals surface area contributed by atoms with Gasteiger partial charge in [0.25, 0.3) is 5.69 Å². The van der Waals surface area contributed by atoms with Gasteiger partial charge in [0.05, 0.1) is 11.0 Å². The highest BCUT2D eigenvalue weighted by Gasteiger charge is 2.15. The third-order valence-electron chi connectivity index (χ3n) is 2.83. The number of anilines is 1. The van der Waals surface area contributed by atoms with Crippen LogP contribution in [0, 0.1) is 17.0 Å². The lowest BCUT2D eigenvalue weighted by atomic mass is 10.2. The molecular weight excluding hydrogens is 220 g/mol. The topological polar surface area (TPSA) is 64.4 Å². The zero-order valence-corrected chi connectivity index (χ0v) is 9.81. The first-order valence-electron chi connectivity index (χ1n) is 5.77. The fourth-order valence-corrected chi connectivity index (χ4v) is 2.01. The average molecular weight is 236 g/mol. The van der Waals surface area contributed by atoms with Crippen LogP contribution in [0.25, 0.3) is 0 Å². The minimum Gasteiger partial charge on any atom is -0.382 e. The molecule has 1 aromatic rings. The summed E-state index contributed by atoms with van der Waals surface area (Å²) in [7, 11) is 0. The molecule has 1 unspecified atom stereocenters. The second-order valence-corrected chi connectivity index (χ2v) is 4.33. The van der Waals surface area contributed by atoms with Gasteiger partial charge in [-0.1, -0.05) is 0 Å². The largest absolute Gasteiger partial charge is 0.382 e. The summed E-state index contributed by atoms with van der Waals surface area (Å²) >= 11 is 0. The fraction of sp³-hybridized carbons (Fsp3) is 0.500. The van der Waals surface area contributed by atoms with Crippen molar-refractivity contribution in [1.29, 1.82) is 0 Å². The number of ether oxygens (including phenoxy) is 1. The van der Waals surface area contributed by atoms with Crippen molar-refractivity contribution < 1.29 is 9.66 Å². The van der Waals surface area contributed by atoms with Crippen LogP contribution >= 0.6 is 0 Å². The highest BCUT2D eigenvalue weighted by molar-refractivity contribution is 5.53. The highest BCUT2D eigenvalue weighted by Crippen LogP contribution is 2.21. The molecule has 5 heteroatoms. The van der Waals surface area contributed by atoms with Gasteiger partial charge >= 0.3 is 0 Å². The van der Waals surface area contributed by atoms with Crippen LogP contribution in [0.2, 0.25) is 0 Å². The molecule has 1 aromatic carbocycles. The van der Waals surface area contributed by atoms with E-state index < -0.39 is 0 Å². The van der Waals surface area contributed by atoms with Gasteiger partial charge in [-0.15, -0.1) is 0 Å². The van der Waals surface area contributed by atoms with Crippen molar-refractivity contribution in [2.45, 2.75) is 25.9 Å². The third-order valence-corrected chi connectivity index (χ3v) is 2.83. The highest BCUT2D eigenvalue weighted by atomic mass is 16.6. The molecule has 17 heavy (non-hydrogen) atoms. The van der Waals surface area contributed by atoms with E-state index in [0.29, 0.717) is 6.54 Å². The van der Waals surface area contributed by atoms with Crippen LogP contribution in [0.5, 0.6) is 0 Å². The molecule has 0 aromatic heterocycles. The lowest BCUT2D eigenvalue weighted by molar-refractivity contribution is -0.384. The maximum absolute atomic E-state index is 10.7. The van der Waals surface area contributed by atoms with Crippen molar-refractivity contribution in [2.24, 2.45) is 0 Å². The number of benzene rings is 1. The molecule has 0 aliphatic carbocycles. The Labute approximate surface area is 99.9 Å². The Morgan fingerprint density at radius 2 is 2.35 bits per heavy atom. The second kappa shape index (κ2) is 5.14. The molecule has 1 saturated heterocycles. The number of hydrogen-bond acceptors (Lipinski definition) is 4. The van der Waals surface area contributed by atoms with E-state index in [2.05, 4.69) is 5.32 Å². The molecule has 2 rings (SSSR count). The summed E-state index contributed by atoms with van der Waals surface area (Å²) in [6.45, 7) is 3.38. The monoisotopic (exact) mass is 236 g/mol. The van der Waals surface area contributed by atoms with Crippen molar-refractivity contribution in [1.82, 2.24) is 0 Å². The number of rotatable bonds is 4. The van der Waals surface area contributed by atoms with Gasteiger partial charge in [0.15, 0.2) is 0 Å². The minimum absolute atomic E-state index is 0.125. The third kappa shape index (κ3) is 3.17. The van der Waals surface area contributed by atoms with Gasteiger partial charge in [-0.05, 0) is 31.4 Å². The predicted octanol–water partition coefficient (Wildman–Crippen LogP) is 2.49. The van der Waals surface area contributed by atoms with Gasteiger partial charge in [-0.2, -0.15) is 0 Å². The van der Waals surface area contributed by atoms with Crippen molar-refractivity contribution >= 4 is 11.4 Å². The SMILES string of the molecule is Cc1cc(NCC2CCCO2)cc([N+](=O)[O-])c1. The van der Waals surface area contributed by atoms with Crippen LogP contribution in [-0.2, 0) is 4.74 Å². The summed E-state index contributed by atoms with van der Waals surface area (Å²) in [5, 5.41) is 13.9. The van der Waals surface area contributed by atoms with Crippen molar-refractivity contribution in [3.8, 4) is 0 Å². The summed E-state index contributed by atoms with van der Waals surface area (Å²) in [4.78, 5) is 10.3. The molecule has 1 aliphatic rings. The van der Waals surface area contributed by atoms with Crippen LogP contribution in [0.3, 0.4) is 0 Å². The van der Waals surface area contributed by atoms with Gasteiger partial charge in [0.1, 0.15) is 0 Å². The van der Waals surface area contributed by atoms with E-state index in [1.54, 1.807) is 12.1 Å². The normalized spacial score (nSPS) is 19.2. The standard InChI is InChI=1S/C12H16N2O3/c1-9-5-10(7-11(6-9)14(15)16)13-8-12-3-2-4-17-12/h5-7,12-13H,2-4,8H2,1H3. The summed E-state index contributed by atoms with van der Waals surface area (Å²) in [6.07, 6.45) is 2.39. The lowest BCUT2D eigenvalue weighted by Gasteiger charge is -2.12. The Morgan fingerprint density at radius 3 is 3.00 bits per heavy atom. The summed E-state index contributed by atoms with van der Waals surface area (Å²) in [6, 6.07) is 5.03. The number of non-ortho nitro benzene ring substituents is 1. The molecule has 1 atom stereocenters. The lowest BCUT2D eigenvalue weighted by Crippen LogP contribution is -2.18. The molecule has 0 radical (unpaired) electrons. The minimum atomic E-state index is -0.371. The molecule has 0 bridgehead atoms. The van der Waals surface area contributed by atoms with Gasteiger partial charge in [-0.3, -0.25) is 10.1 Å². The number of hydrogen-bond donors (Lipinski definition) is 1. The molecule has 0 spiro atoms. The van der Waals surface area contributed by atoms with Gasteiger partial charge in [0.2, 0.25) is 0 Å². The first-order valence-corrected chi connectivity index (χ1v) is 5.77. The molecule has 1 heterocycles. The predicted molar refractivity (Wildman–Crippen MR) is 65.3 cm³/mol. The molecular formula is C12H16N2O3. The zero-order chi connectivity index (χ0) is 12.3. The molecule has 0 saturated carbocycles. The van der Waals surface area contributed by atoms with E-state index in [1.165, 1.54) is 0 Å². The fourth-order valence-electron chi connectivity index (χ4n) is 2.01. The maximum atomic E-state index is 10.7. The Hall–Kier alpha value is -1.62. The maximum Gasteiger partial charge on any atom is 0.271 e. The Balaban J connectivity index is 2.01. The van der Waals surface area contributed by atoms with Crippen LogP contribution in [0.4, 0.5) is 11.4 Å². The summed E-state index contributed by atoms with van der Waals surface area (Å²) in [5.74, 6) is 0. The number of nitrogens with zero attached hydrogens (tertiary/aromatic N) is 1. The zero-order valence-electron chi connectivity index (χ0n) is 9.81. The second-order valence-electron chi connectivity index (χ2n) is 4.33. The van der Waals surface area contributed by atoms with E-state index in [0.717, 1.165) is 30.7 Å².